The lowest BCUT2D eigenvalue weighted by Gasteiger charge is -2.31. The first-order valence-electron chi connectivity index (χ1n) is 6.12. The normalized spacial score (nSPS) is 17.9. The molecular formula is C12H22ClN3O. The van der Waals surface area contributed by atoms with Crippen LogP contribution in [0.1, 0.15) is 25.0 Å². The van der Waals surface area contributed by atoms with Gasteiger partial charge in [-0.05, 0) is 51.9 Å². The second kappa shape index (κ2) is 7.69. The standard InChI is InChI=1S/C12H21N3O.ClH/c1-13-5-2-11-3-6-15(7-4-11)8-12-9-16-10-14-12;/h9-11,13H,2-8H2,1H3;1H. The number of halogens is 1. The number of aromatic nitrogens is 1. The zero-order valence-electron chi connectivity index (χ0n) is 10.4. The lowest BCUT2D eigenvalue weighted by molar-refractivity contribution is 0.170. The molecule has 1 saturated heterocycles. The third kappa shape index (κ3) is 4.66. The summed E-state index contributed by atoms with van der Waals surface area (Å²) in [7, 11) is 2.03. The van der Waals surface area contributed by atoms with Crippen molar-refractivity contribution >= 4 is 12.4 Å². The van der Waals surface area contributed by atoms with E-state index >= 15 is 0 Å². The van der Waals surface area contributed by atoms with E-state index in [0.717, 1.165) is 24.7 Å². The molecule has 0 bridgehead atoms. The highest BCUT2D eigenvalue weighted by Gasteiger charge is 2.19. The first-order chi connectivity index (χ1) is 7.88. The third-order valence-corrected chi connectivity index (χ3v) is 3.38. The maximum Gasteiger partial charge on any atom is 0.180 e. The second-order valence-corrected chi connectivity index (χ2v) is 4.59. The van der Waals surface area contributed by atoms with Gasteiger partial charge in [0.25, 0.3) is 0 Å². The van der Waals surface area contributed by atoms with Crippen LogP contribution in [0.2, 0.25) is 0 Å². The Balaban J connectivity index is 0.00000144. The number of oxazole rings is 1. The molecule has 1 aliphatic rings. The van der Waals surface area contributed by atoms with E-state index in [1.54, 1.807) is 6.26 Å². The molecule has 0 amide bonds. The Labute approximate surface area is 109 Å². The number of nitrogens with zero attached hydrogens (tertiary/aromatic N) is 2. The summed E-state index contributed by atoms with van der Waals surface area (Å²) in [6.45, 7) is 4.48. The van der Waals surface area contributed by atoms with Gasteiger partial charge in [0.15, 0.2) is 6.39 Å². The van der Waals surface area contributed by atoms with E-state index in [4.69, 9.17) is 4.42 Å². The molecule has 1 aromatic rings. The fraction of sp³-hybridized carbons (Fsp3) is 0.750. The molecule has 0 spiro atoms. The second-order valence-electron chi connectivity index (χ2n) is 4.59. The van der Waals surface area contributed by atoms with Gasteiger partial charge >= 0.3 is 0 Å². The summed E-state index contributed by atoms with van der Waals surface area (Å²) in [6, 6.07) is 0. The van der Waals surface area contributed by atoms with Crippen LogP contribution >= 0.6 is 12.4 Å². The molecule has 1 aliphatic heterocycles. The van der Waals surface area contributed by atoms with E-state index in [2.05, 4.69) is 15.2 Å². The molecule has 0 aromatic carbocycles. The average molecular weight is 260 g/mol. The van der Waals surface area contributed by atoms with E-state index in [1.807, 2.05) is 7.05 Å². The molecule has 1 aromatic heterocycles. The van der Waals surface area contributed by atoms with Crippen molar-refractivity contribution in [1.82, 2.24) is 15.2 Å². The topological polar surface area (TPSA) is 41.3 Å². The maximum atomic E-state index is 4.98. The van der Waals surface area contributed by atoms with E-state index < -0.39 is 0 Å². The summed E-state index contributed by atoms with van der Waals surface area (Å²) >= 11 is 0. The number of piperidine rings is 1. The third-order valence-electron chi connectivity index (χ3n) is 3.38. The Morgan fingerprint density at radius 2 is 2.24 bits per heavy atom. The number of hydrogen-bond donors (Lipinski definition) is 1. The summed E-state index contributed by atoms with van der Waals surface area (Å²) < 4.78 is 4.98. The van der Waals surface area contributed by atoms with Gasteiger partial charge in [-0.3, -0.25) is 4.90 Å². The molecule has 2 heterocycles. The monoisotopic (exact) mass is 259 g/mol. The molecule has 17 heavy (non-hydrogen) atoms. The minimum absolute atomic E-state index is 0. The molecule has 1 N–H and O–H groups in total. The van der Waals surface area contributed by atoms with Crippen LogP contribution in [0.3, 0.4) is 0 Å². The summed E-state index contributed by atoms with van der Waals surface area (Å²) in [4.78, 5) is 6.63. The van der Waals surface area contributed by atoms with Crippen LogP contribution in [0.15, 0.2) is 17.1 Å². The van der Waals surface area contributed by atoms with Crippen molar-refractivity contribution in [2.45, 2.75) is 25.8 Å². The van der Waals surface area contributed by atoms with Gasteiger partial charge in [0.2, 0.25) is 0 Å². The Hall–Kier alpha value is -0.580. The quantitative estimate of drug-likeness (QED) is 0.877. The molecule has 5 heteroatoms. The fourth-order valence-electron chi connectivity index (χ4n) is 2.33. The van der Waals surface area contributed by atoms with E-state index in [-0.39, 0.29) is 12.4 Å². The largest absolute Gasteiger partial charge is 0.451 e. The van der Waals surface area contributed by atoms with Crippen LogP contribution in [0.4, 0.5) is 0 Å². The van der Waals surface area contributed by atoms with Crippen molar-refractivity contribution in [3.63, 3.8) is 0 Å². The van der Waals surface area contributed by atoms with Gasteiger partial charge in [0.05, 0.1) is 5.69 Å². The average Bonchev–Trinajstić information content (AvgIpc) is 2.81. The van der Waals surface area contributed by atoms with E-state index in [0.29, 0.717) is 0 Å². The van der Waals surface area contributed by atoms with Crippen LogP contribution in [-0.4, -0.2) is 36.6 Å². The van der Waals surface area contributed by atoms with E-state index in [1.165, 1.54) is 38.7 Å². The molecule has 2 rings (SSSR count). The molecule has 0 unspecified atom stereocenters. The zero-order valence-corrected chi connectivity index (χ0v) is 11.2. The number of nitrogens with one attached hydrogen (secondary N) is 1. The summed E-state index contributed by atoms with van der Waals surface area (Å²) in [5.74, 6) is 0.904. The molecular weight excluding hydrogens is 238 g/mol. The van der Waals surface area contributed by atoms with Crippen molar-refractivity contribution in [2.75, 3.05) is 26.7 Å². The van der Waals surface area contributed by atoms with E-state index in [9.17, 15) is 0 Å². The molecule has 0 radical (unpaired) electrons. The Kier molecular flexibility index (Phi) is 6.55. The Bertz CT molecular complexity index is 284. The van der Waals surface area contributed by atoms with Gasteiger partial charge in [-0.2, -0.15) is 0 Å². The molecule has 0 saturated carbocycles. The smallest absolute Gasteiger partial charge is 0.180 e. The van der Waals surface area contributed by atoms with Crippen LogP contribution in [0, 0.1) is 5.92 Å². The summed E-state index contributed by atoms with van der Waals surface area (Å²) in [5.41, 5.74) is 1.05. The van der Waals surface area contributed by atoms with Gasteiger partial charge < -0.3 is 9.73 Å². The number of likely N-dealkylation sites (tertiary alicyclic amines) is 1. The van der Waals surface area contributed by atoms with Gasteiger partial charge in [-0.25, -0.2) is 4.98 Å². The number of rotatable bonds is 5. The predicted octanol–water partition coefficient (Wildman–Crippen LogP) is 1.92. The minimum atomic E-state index is 0. The van der Waals surface area contributed by atoms with Crippen molar-refractivity contribution in [2.24, 2.45) is 5.92 Å². The summed E-state index contributed by atoms with van der Waals surface area (Å²) in [6.07, 6.45) is 7.20. The Morgan fingerprint density at radius 3 is 2.82 bits per heavy atom. The predicted molar refractivity (Wildman–Crippen MR) is 70.3 cm³/mol. The number of hydrogen-bond acceptors (Lipinski definition) is 4. The highest BCUT2D eigenvalue weighted by Crippen LogP contribution is 2.20. The highest BCUT2D eigenvalue weighted by atomic mass is 35.5. The minimum Gasteiger partial charge on any atom is -0.451 e. The lowest BCUT2D eigenvalue weighted by Crippen LogP contribution is -2.34. The first kappa shape index (κ1) is 14.5. The van der Waals surface area contributed by atoms with Gasteiger partial charge in [-0.1, -0.05) is 0 Å². The Morgan fingerprint density at radius 1 is 1.47 bits per heavy atom. The van der Waals surface area contributed by atoms with Crippen molar-refractivity contribution in [1.29, 1.82) is 0 Å². The molecule has 4 nitrogen and oxygen atoms in total. The SMILES string of the molecule is CNCCC1CCN(Cc2cocn2)CC1.Cl. The first-order valence-corrected chi connectivity index (χ1v) is 6.12. The molecule has 0 atom stereocenters. The van der Waals surface area contributed by atoms with Gasteiger partial charge in [0, 0.05) is 6.54 Å². The lowest BCUT2D eigenvalue weighted by atomic mass is 9.93. The van der Waals surface area contributed by atoms with Crippen molar-refractivity contribution < 1.29 is 4.42 Å². The molecule has 98 valence electrons. The van der Waals surface area contributed by atoms with Gasteiger partial charge in [0.1, 0.15) is 6.26 Å². The van der Waals surface area contributed by atoms with Crippen LogP contribution < -0.4 is 5.32 Å². The van der Waals surface area contributed by atoms with Crippen molar-refractivity contribution in [3.05, 3.63) is 18.4 Å². The highest BCUT2D eigenvalue weighted by molar-refractivity contribution is 5.85. The fourth-order valence-corrected chi connectivity index (χ4v) is 2.33. The van der Waals surface area contributed by atoms with Gasteiger partial charge in [-0.15, -0.1) is 12.4 Å². The molecule has 0 aliphatic carbocycles. The zero-order chi connectivity index (χ0) is 11.2. The van der Waals surface area contributed by atoms with Crippen molar-refractivity contribution in [3.8, 4) is 0 Å². The molecule has 1 fully saturated rings. The van der Waals surface area contributed by atoms with Crippen LogP contribution in [0.5, 0.6) is 0 Å². The van der Waals surface area contributed by atoms with Crippen LogP contribution in [0.25, 0.3) is 0 Å². The maximum absolute atomic E-state index is 4.98. The van der Waals surface area contributed by atoms with Crippen LogP contribution in [-0.2, 0) is 6.54 Å². The summed E-state index contributed by atoms with van der Waals surface area (Å²) in [5, 5.41) is 3.23.